The van der Waals surface area contributed by atoms with Crippen LogP contribution in [0.1, 0.15) is 17.2 Å². The van der Waals surface area contributed by atoms with Crippen LogP contribution >= 0.6 is 0 Å². The summed E-state index contributed by atoms with van der Waals surface area (Å²) < 4.78 is 5.47. The number of benzene rings is 1. The van der Waals surface area contributed by atoms with Crippen molar-refractivity contribution in [2.24, 2.45) is 5.73 Å². The molecular formula is C11H12N2O2. The summed E-state index contributed by atoms with van der Waals surface area (Å²) in [4.78, 5) is 11.0. The Hall–Kier alpha value is -1.55. The fourth-order valence-corrected chi connectivity index (χ4v) is 2.06. The molecule has 1 saturated heterocycles. The Kier molecular flexibility index (Phi) is 1.73. The maximum absolute atomic E-state index is 11.0. The number of fused-ring (bicyclic) bond motifs is 1. The van der Waals surface area contributed by atoms with E-state index in [0.29, 0.717) is 0 Å². The second kappa shape index (κ2) is 2.97. The van der Waals surface area contributed by atoms with Crippen molar-refractivity contribution in [3.63, 3.8) is 0 Å². The molecule has 2 unspecified atom stereocenters. The second-order valence-electron chi connectivity index (χ2n) is 3.98. The molecule has 15 heavy (non-hydrogen) atoms. The first kappa shape index (κ1) is 8.73. The standard InChI is InChI=1S/C11H12N2O2/c12-9-10(13-11(9)14)7-2-1-6-3-4-15-8(6)5-7/h1-2,5,9-10H,3-4,12H2,(H,13,14). The molecule has 78 valence electrons. The van der Waals surface area contributed by atoms with E-state index in [1.165, 1.54) is 5.56 Å². The number of ether oxygens (including phenoxy) is 1. The Balaban J connectivity index is 1.91. The molecule has 4 heteroatoms. The highest BCUT2D eigenvalue weighted by Gasteiger charge is 2.37. The number of carbonyl (C=O) groups is 1. The Morgan fingerprint density at radius 3 is 3.07 bits per heavy atom. The minimum atomic E-state index is -0.413. The van der Waals surface area contributed by atoms with Crippen LogP contribution in [0.4, 0.5) is 0 Å². The predicted octanol–water partition coefficient (Wildman–Crippen LogP) is 0.120. The average molecular weight is 204 g/mol. The summed E-state index contributed by atoms with van der Waals surface area (Å²) in [5.74, 6) is 0.849. The van der Waals surface area contributed by atoms with Crippen LogP contribution in [0.15, 0.2) is 18.2 Å². The molecule has 2 atom stereocenters. The number of β-lactam (4-membered cyclic amide) rings is 1. The summed E-state index contributed by atoms with van der Waals surface area (Å²) in [5.41, 5.74) is 7.96. The van der Waals surface area contributed by atoms with E-state index in [4.69, 9.17) is 10.5 Å². The first-order chi connectivity index (χ1) is 7.25. The summed E-state index contributed by atoms with van der Waals surface area (Å²) in [6, 6.07) is 5.58. The van der Waals surface area contributed by atoms with Crippen LogP contribution in [0, 0.1) is 0 Å². The number of nitrogens with one attached hydrogen (secondary N) is 1. The zero-order chi connectivity index (χ0) is 10.4. The zero-order valence-corrected chi connectivity index (χ0v) is 8.19. The summed E-state index contributed by atoms with van der Waals surface area (Å²) in [6.07, 6.45) is 0.971. The van der Waals surface area contributed by atoms with Gasteiger partial charge in [0, 0.05) is 6.42 Å². The minimum absolute atomic E-state index is 0.0491. The monoisotopic (exact) mass is 204 g/mol. The first-order valence-electron chi connectivity index (χ1n) is 5.07. The van der Waals surface area contributed by atoms with Crippen LogP contribution in [-0.2, 0) is 11.2 Å². The Bertz CT molecular complexity index is 431. The van der Waals surface area contributed by atoms with Crippen molar-refractivity contribution < 1.29 is 9.53 Å². The van der Waals surface area contributed by atoms with Crippen LogP contribution < -0.4 is 15.8 Å². The van der Waals surface area contributed by atoms with E-state index in [0.717, 1.165) is 24.3 Å². The van der Waals surface area contributed by atoms with E-state index in [1.807, 2.05) is 12.1 Å². The van der Waals surface area contributed by atoms with Crippen molar-refractivity contribution in [3.8, 4) is 5.75 Å². The number of hydrogen-bond acceptors (Lipinski definition) is 3. The van der Waals surface area contributed by atoms with Gasteiger partial charge in [-0.05, 0) is 17.2 Å². The highest BCUT2D eigenvalue weighted by Crippen LogP contribution is 2.31. The number of rotatable bonds is 1. The van der Waals surface area contributed by atoms with Gasteiger partial charge in [-0.2, -0.15) is 0 Å². The van der Waals surface area contributed by atoms with Gasteiger partial charge in [-0.1, -0.05) is 12.1 Å². The summed E-state index contributed by atoms with van der Waals surface area (Å²) >= 11 is 0. The maximum Gasteiger partial charge on any atom is 0.239 e. The number of hydrogen-bond donors (Lipinski definition) is 2. The summed E-state index contributed by atoms with van der Waals surface area (Å²) in [6.45, 7) is 0.752. The van der Waals surface area contributed by atoms with Gasteiger partial charge in [0.15, 0.2) is 0 Å². The highest BCUT2D eigenvalue weighted by molar-refractivity contribution is 5.89. The van der Waals surface area contributed by atoms with Crippen LogP contribution in [-0.4, -0.2) is 18.6 Å². The van der Waals surface area contributed by atoms with E-state index >= 15 is 0 Å². The number of nitrogens with two attached hydrogens (primary N) is 1. The molecule has 2 aliphatic heterocycles. The Labute approximate surface area is 87.4 Å². The van der Waals surface area contributed by atoms with Crippen molar-refractivity contribution in [1.29, 1.82) is 0 Å². The van der Waals surface area contributed by atoms with E-state index in [2.05, 4.69) is 11.4 Å². The van der Waals surface area contributed by atoms with Crippen molar-refractivity contribution in [1.82, 2.24) is 5.32 Å². The lowest BCUT2D eigenvalue weighted by molar-refractivity contribution is -0.130. The van der Waals surface area contributed by atoms with Crippen LogP contribution in [0.25, 0.3) is 0 Å². The normalized spacial score (nSPS) is 27.7. The molecule has 1 aromatic rings. The zero-order valence-electron chi connectivity index (χ0n) is 8.19. The van der Waals surface area contributed by atoms with E-state index < -0.39 is 6.04 Å². The van der Waals surface area contributed by atoms with E-state index in [-0.39, 0.29) is 11.9 Å². The van der Waals surface area contributed by atoms with Crippen LogP contribution in [0.2, 0.25) is 0 Å². The molecule has 1 aromatic carbocycles. The largest absolute Gasteiger partial charge is 0.493 e. The Morgan fingerprint density at radius 1 is 1.47 bits per heavy atom. The van der Waals surface area contributed by atoms with Gasteiger partial charge in [-0.15, -0.1) is 0 Å². The molecule has 2 heterocycles. The summed E-state index contributed by atoms with van der Waals surface area (Å²) in [7, 11) is 0. The lowest BCUT2D eigenvalue weighted by Gasteiger charge is -2.34. The molecule has 0 radical (unpaired) electrons. The van der Waals surface area contributed by atoms with Crippen LogP contribution in [0.3, 0.4) is 0 Å². The first-order valence-corrected chi connectivity index (χ1v) is 5.07. The molecule has 0 saturated carbocycles. The van der Waals surface area contributed by atoms with Gasteiger partial charge in [0.25, 0.3) is 0 Å². The van der Waals surface area contributed by atoms with Gasteiger partial charge in [-0.25, -0.2) is 0 Å². The Morgan fingerprint density at radius 2 is 2.33 bits per heavy atom. The third-order valence-corrected chi connectivity index (χ3v) is 3.04. The smallest absolute Gasteiger partial charge is 0.239 e. The van der Waals surface area contributed by atoms with Crippen molar-refractivity contribution in [2.45, 2.75) is 18.5 Å². The lowest BCUT2D eigenvalue weighted by Crippen LogP contribution is -2.60. The highest BCUT2D eigenvalue weighted by atomic mass is 16.5. The molecule has 0 aromatic heterocycles. The molecule has 0 spiro atoms. The predicted molar refractivity (Wildman–Crippen MR) is 54.5 cm³/mol. The van der Waals surface area contributed by atoms with Crippen molar-refractivity contribution in [3.05, 3.63) is 29.3 Å². The molecule has 3 rings (SSSR count). The lowest BCUT2D eigenvalue weighted by atomic mass is 9.91. The quantitative estimate of drug-likeness (QED) is 0.639. The van der Waals surface area contributed by atoms with Gasteiger partial charge in [0.1, 0.15) is 11.8 Å². The van der Waals surface area contributed by atoms with Gasteiger partial charge >= 0.3 is 0 Å². The SMILES string of the molecule is NC1C(=O)NC1c1ccc2c(c1)OCC2. The third kappa shape index (κ3) is 1.22. The third-order valence-electron chi connectivity index (χ3n) is 3.04. The minimum Gasteiger partial charge on any atom is -0.493 e. The molecule has 0 bridgehead atoms. The van der Waals surface area contributed by atoms with Crippen molar-refractivity contribution >= 4 is 5.91 Å². The molecular weight excluding hydrogens is 192 g/mol. The molecule has 3 N–H and O–H groups in total. The molecule has 1 amide bonds. The number of carbonyl (C=O) groups excluding carboxylic acids is 1. The second-order valence-corrected chi connectivity index (χ2v) is 3.98. The van der Waals surface area contributed by atoms with E-state index in [1.54, 1.807) is 0 Å². The fraction of sp³-hybridized carbons (Fsp3) is 0.364. The molecule has 4 nitrogen and oxygen atoms in total. The van der Waals surface area contributed by atoms with Gasteiger partial charge in [-0.3, -0.25) is 4.79 Å². The average Bonchev–Trinajstić information content (AvgIpc) is 2.72. The fourth-order valence-electron chi connectivity index (χ4n) is 2.06. The van der Waals surface area contributed by atoms with E-state index in [9.17, 15) is 4.79 Å². The van der Waals surface area contributed by atoms with Gasteiger partial charge in [0.2, 0.25) is 5.91 Å². The molecule has 2 aliphatic rings. The topological polar surface area (TPSA) is 64.4 Å². The number of amides is 1. The molecule has 0 aliphatic carbocycles. The summed E-state index contributed by atoms with van der Waals surface area (Å²) in [5, 5.41) is 2.78. The van der Waals surface area contributed by atoms with Gasteiger partial charge in [0.05, 0.1) is 12.6 Å². The molecule has 1 fully saturated rings. The van der Waals surface area contributed by atoms with Gasteiger partial charge < -0.3 is 15.8 Å². The van der Waals surface area contributed by atoms with Crippen LogP contribution in [0.5, 0.6) is 5.75 Å². The maximum atomic E-state index is 11.0. The van der Waals surface area contributed by atoms with Crippen molar-refractivity contribution in [2.75, 3.05) is 6.61 Å².